The molecule has 0 amide bonds. The van der Waals surface area contributed by atoms with Gasteiger partial charge in [-0.1, -0.05) is 17.3 Å². The van der Waals surface area contributed by atoms with Gasteiger partial charge in [0.2, 0.25) is 5.88 Å². The summed E-state index contributed by atoms with van der Waals surface area (Å²) in [7, 11) is 0. The Kier molecular flexibility index (Phi) is 3.89. The molecule has 1 aromatic carbocycles. The van der Waals surface area contributed by atoms with Gasteiger partial charge < -0.3 is 15.7 Å². The molecular weight excluding hydrogens is 254 g/mol. The van der Waals surface area contributed by atoms with E-state index in [-0.39, 0.29) is 5.84 Å². The molecule has 0 bridgehead atoms. The van der Waals surface area contributed by atoms with Gasteiger partial charge in [0.15, 0.2) is 5.84 Å². The molecule has 0 unspecified atom stereocenters. The molecule has 20 heavy (non-hydrogen) atoms. The van der Waals surface area contributed by atoms with E-state index in [1.54, 1.807) is 12.1 Å². The van der Waals surface area contributed by atoms with Gasteiger partial charge in [0.1, 0.15) is 5.75 Å². The van der Waals surface area contributed by atoms with Crippen LogP contribution in [0.5, 0.6) is 11.6 Å². The normalized spacial score (nSPS) is 11.4. The van der Waals surface area contributed by atoms with E-state index in [0.717, 1.165) is 16.8 Å². The molecule has 104 valence electrons. The zero-order chi connectivity index (χ0) is 14.7. The highest BCUT2D eigenvalue weighted by Gasteiger charge is 2.13. The van der Waals surface area contributed by atoms with Gasteiger partial charge in [-0.15, -0.1) is 0 Å². The number of aromatic nitrogens is 1. The molecule has 0 aliphatic heterocycles. The summed E-state index contributed by atoms with van der Waals surface area (Å²) in [4.78, 5) is 4.31. The lowest BCUT2D eigenvalue weighted by Gasteiger charge is -2.13. The molecule has 3 N–H and O–H groups in total. The fraction of sp³-hybridized carbons (Fsp3) is 0.200. The van der Waals surface area contributed by atoms with Crippen LogP contribution in [0.3, 0.4) is 0 Å². The Morgan fingerprint density at radius 1 is 1.20 bits per heavy atom. The van der Waals surface area contributed by atoms with E-state index >= 15 is 0 Å². The predicted octanol–water partition coefficient (Wildman–Crippen LogP) is 2.89. The average Bonchev–Trinajstić information content (AvgIpc) is 2.43. The Morgan fingerprint density at radius 2 is 1.95 bits per heavy atom. The first-order valence-corrected chi connectivity index (χ1v) is 6.22. The van der Waals surface area contributed by atoms with E-state index in [1.165, 1.54) is 0 Å². The molecule has 2 rings (SSSR count). The first-order valence-electron chi connectivity index (χ1n) is 6.22. The maximum absolute atomic E-state index is 8.83. The van der Waals surface area contributed by atoms with E-state index in [4.69, 9.17) is 15.7 Å². The lowest BCUT2D eigenvalue weighted by atomic mass is 10.1. The van der Waals surface area contributed by atoms with Crippen molar-refractivity contribution in [1.82, 2.24) is 4.98 Å². The number of nitrogens with zero attached hydrogens (tertiary/aromatic N) is 2. The van der Waals surface area contributed by atoms with Gasteiger partial charge in [0, 0.05) is 5.69 Å². The first kappa shape index (κ1) is 13.9. The van der Waals surface area contributed by atoms with Crippen LogP contribution in [0.1, 0.15) is 22.4 Å². The standard InChI is InChI=1S/C15H17N3O2/c1-9-5-4-6-13(11(9)3)20-15-12(14(16)18-19)8-7-10(2)17-15/h4-8,19H,1-3H3,(H2,16,18). The largest absolute Gasteiger partial charge is 0.438 e. The second kappa shape index (κ2) is 5.61. The molecule has 1 aromatic heterocycles. The molecule has 0 spiro atoms. The predicted molar refractivity (Wildman–Crippen MR) is 77.5 cm³/mol. The van der Waals surface area contributed by atoms with Gasteiger partial charge >= 0.3 is 0 Å². The SMILES string of the molecule is Cc1ccc(C(N)=NO)c(Oc2cccc(C)c2C)n1. The number of amidine groups is 1. The molecule has 0 fully saturated rings. The van der Waals surface area contributed by atoms with Crippen LogP contribution < -0.4 is 10.5 Å². The second-order valence-corrected chi connectivity index (χ2v) is 4.59. The fourth-order valence-electron chi connectivity index (χ4n) is 1.80. The summed E-state index contributed by atoms with van der Waals surface area (Å²) in [5.74, 6) is 1.00. The Hall–Kier alpha value is -2.56. The number of aryl methyl sites for hydroxylation is 2. The van der Waals surface area contributed by atoms with Crippen LogP contribution in [-0.2, 0) is 0 Å². The topological polar surface area (TPSA) is 80.7 Å². The van der Waals surface area contributed by atoms with E-state index in [1.807, 2.05) is 39.0 Å². The van der Waals surface area contributed by atoms with Crippen molar-refractivity contribution in [2.75, 3.05) is 0 Å². The van der Waals surface area contributed by atoms with E-state index in [0.29, 0.717) is 17.2 Å². The number of benzene rings is 1. The minimum absolute atomic E-state index is 0.0298. The van der Waals surface area contributed by atoms with E-state index in [9.17, 15) is 0 Å². The Bertz CT molecular complexity index is 666. The zero-order valence-electron chi connectivity index (χ0n) is 11.7. The van der Waals surface area contributed by atoms with Crippen LogP contribution in [0.25, 0.3) is 0 Å². The molecule has 0 saturated heterocycles. The minimum atomic E-state index is -0.0298. The molecule has 0 saturated carbocycles. The van der Waals surface area contributed by atoms with Crippen LogP contribution in [0.4, 0.5) is 0 Å². The number of hydrogen-bond donors (Lipinski definition) is 2. The summed E-state index contributed by atoms with van der Waals surface area (Å²) >= 11 is 0. The van der Waals surface area contributed by atoms with Crippen molar-refractivity contribution in [1.29, 1.82) is 0 Å². The summed E-state index contributed by atoms with van der Waals surface area (Å²) in [5, 5.41) is 11.8. The summed E-state index contributed by atoms with van der Waals surface area (Å²) < 4.78 is 5.84. The number of nitrogens with two attached hydrogens (primary N) is 1. The summed E-state index contributed by atoms with van der Waals surface area (Å²) in [5.41, 5.74) is 9.05. The number of hydrogen-bond acceptors (Lipinski definition) is 4. The van der Waals surface area contributed by atoms with Crippen LogP contribution in [0.15, 0.2) is 35.5 Å². The van der Waals surface area contributed by atoms with Crippen molar-refractivity contribution in [3.63, 3.8) is 0 Å². The van der Waals surface area contributed by atoms with Crippen molar-refractivity contribution in [2.45, 2.75) is 20.8 Å². The summed E-state index contributed by atoms with van der Waals surface area (Å²) in [6.45, 7) is 5.84. The zero-order valence-corrected chi connectivity index (χ0v) is 11.7. The molecule has 5 heteroatoms. The number of pyridine rings is 1. The van der Waals surface area contributed by atoms with E-state index < -0.39 is 0 Å². The Labute approximate surface area is 117 Å². The Balaban J connectivity index is 2.47. The van der Waals surface area contributed by atoms with Gasteiger partial charge in [-0.3, -0.25) is 0 Å². The first-order chi connectivity index (χ1) is 9.52. The molecule has 0 radical (unpaired) electrons. The molecule has 2 aromatic rings. The van der Waals surface area contributed by atoms with E-state index in [2.05, 4.69) is 10.1 Å². The maximum atomic E-state index is 8.83. The van der Waals surface area contributed by atoms with Crippen molar-refractivity contribution >= 4 is 5.84 Å². The van der Waals surface area contributed by atoms with Crippen molar-refractivity contribution in [3.05, 3.63) is 52.7 Å². The number of rotatable bonds is 3. The maximum Gasteiger partial charge on any atom is 0.230 e. The van der Waals surface area contributed by atoms with Gasteiger partial charge in [-0.2, -0.15) is 0 Å². The second-order valence-electron chi connectivity index (χ2n) is 4.59. The lowest BCUT2D eigenvalue weighted by molar-refractivity contribution is 0.318. The van der Waals surface area contributed by atoms with Crippen LogP contribution in [-0.4, -0.2) is 16.0 Å². The summed E-state index contributed by atoms with van der Waals surface area (Å²) in [6.07, 6.45) is 0. The van der Waals surface area contributed by atoms with Crippen LogP contribution in [0, 0.1) is 20.8 Å². The minimum Gasteiger partial charge on any atom is -0.438 e. The quantitative estimate of drug-likeness (QED) is 0.389. The third-order valence-electron chi connectivity index (χ3n) is 3.14. The van der Waals surface area contributed by atoms with Gasteiger partial charge in [-0.05, 0) is 50.1 Å². The summed E-state index contributed by atoms with van der Waals surface area (Å²) in [6, 6.07) is 9.29. The Morgan fingerprint density at radius 3 is 2.65 bits per heavy atom. The van der Waals surface area contributed by atoms with Crippen molar-refractivity contribution in [3.8, 4) is 11.6 Å². The number of oxime groups is 1. The molecule has 1 heterocycles. The van der Waals surface area contributed by atoms with Crippen molar-refractivity contribution < 1.29 is 9.94 Å². The van der Waals surface area contributed by atoms with Crippen LogP contribution >= 0.6 is 0 Å². The molecule has 0 atom stereocenters. The monoisotopic (exact) mass is 271 g/mol. The van der Waals surface area contributed by atoms with Crippen LogP contribution in [0.2, 0.25) is 0 Å². The number of ether oxygens (including phenoxy) is 1. The van der Waals surface area contributed by atoms with Gasteiger partial charge in [0.05, 0.1) is 5.56 Å². The average molecular weight is 271 g/mol. The highest BCUT2D eigenvalue weighted by molar-refractivity contribution is 5.99. The highest BCUT2D eigenvalue weighted by atomic mass is 16.5. The molecular formula is C15H17N3O2. The highest BCUT2D eigenvalue weighted by Crippen LogP contribution is 2.28. The third-order valence-corrected chi connectivity index (χ3v) is 3.14. The van der Waals surface area contributed by atoms with Gasteiger partial charge in [0.25, 0.3) is 0 Å². The fourth-order valence-corrected chi connectivity index (χ4v) is 1.80. The molecule has 0 aliphatic carbocycles. The molecule has 5 nitrogen and oxygen atoms in total. The smallest absolute Gasteiger partial charge is 0.230 e. The van der Waals surface area contributed by atoms with Crippen molar-refractivity contribution in [2.24, 2.45) is 10.9 Å². The van der Waals surface area contributed by atoms with Gasteiger partial charge in [-0.25, -0.2) is 4.98 Å². The third kappa shape index (κ3) is 2.71. The molecule has 0 aliphatic rings. The lowest BCUT2D eigenvalue weighted by Crippen LogP contribution is -2.15.